The maximum Gasteiger partial charge on any atom is 0.344 e. The van der Waals surface area contributed by atoms with Gasteiger partial charge in [-0.2, -0.15) is 0 Å². The molecule has 0 rings (SSSR count). The fourth-order valence-corrected chi connectivity index (χ4v) is 5.59. The van der Waals surface area contributed by atoms with E-state index in [1.165, 1.54) is 4.90 Å². The van der Waals surface area contributed by atoms with Gasteiger partial charge in [0.1, 0.15) is 12.6 Å². The zero-order valence-corrected chi connectivity index (χ0v) is 16.6. The van der Waals surface area contributed by atoms with Crippen LogP contribution in [0.3, 0.4) is 0 Å². The van der Waals surface area contributed by atoms with Crippen LogP contribution in [-0.2, 0) is 32.0 Å². The Morgan fingerprint density at radius 3 is 1.35 bits per heavy atom. The van der Waals surface area contributed by atoms with Crippen LogP contribution in [0.5, 0.6) is 0 Å². The minimum atomic E-state index is -3.47. The SMILES string of the molecule is CCOP(=O)(CN(CC(=O)Cl)CP(=O)(OCC)OCC)OCC. The van der Waals surface area contributed by atoms with Crippen LogP contribution in [0.2, 0.25) is 0 Å². The van der Waals surface area contributed by atoms with Gasteiger partial charge in [0.2, 0.25) is 5.24 Å². The van der Waals surface area contributed by atoms with Crippen molar-refractivity contribution in [3.8, 4) is 0 Å². The van der Waals surface area contributed by atoms with Gasteiger partial charge in [0, 0.05) is 0 Å². The quantitative estimate of drug-likeness (QED) is 0.327. The van der Waals surface area contributed by atoms with Gasteiger partial charge in [0.25, 0.3) is 0 Å². The second kappa shape index (κ2) is 11.7. The third kappa shape index (κ3) is 9.95. The highest BCUT2D eigenvalue weighted by Gasteiger charge is 2.34. The van der Waals surface area contributed by atoms with Crippen molar-refractivity contribution in [2.24, 2.45) is 0 Å². The molecule has 0 saturated heterocycles. The molecule has 138 valence electrons. The number of rotatable bonds is 14. The van der Waals surface area contributed by atoms with E-state index in [-0.39, 0.29) is 45.5 Å². The summed E-state index contributed by atoms with van der Waals surface area (Å²) in [5.41, 5.74) is 0. The van der Waals surface area contributed by atoms with Gasteiger partial charge in [0.15, 0.2) is 0 Å². The highest BCUT2D eigenvalue weighted by atomic mass is 35.5. The first-order valence-electron chi connectivity index (χ1n) is 7.41. The zero-order chi connectivity index (χ0) is 17.9. The molecule has 0 N–H and O–H groups in total. The summed E-state index contributed by atoms with van der Waals surface area (Å²) in [6, 6.07) is 0. The van der Waals surface area contributed by atoms with E-state index >= 15 is 0 Å². The van der Waals surface area contributed by atoms with Crippen LogP contribution in [0.1, 0.15) is 27.7 Å². The lowest BCUT2D eigenvalue weighted by Crippen LogP contribution is -2.31. The summed E-state index contributed by atoms with van der Waals surface area (Å²) in [6.45, 7) is 7.12. The topological polar surface area (TPSA) is 91.4 Å². The van der Waals surface area contributed by atoms with Crippen molar-refractivity contribution in [2.75, 3.05) is 45.5 Å². The Labute approximate surface area is 142 Å². The minimum absolute atomic E-state index is 0.175. The van der Waals surface area contributed by atoms with Gasteiger partial charge in [-0.05, 0) is 39.3 Å². The molecule has 11 heteroatoms. The normalized spacial score (nSPS) is 12.8. The Kier molecular flexibility index (Phi) is 11.8. The van der Waals surface area contributed by atoms with Crippen molar-refractivity contribution in [1.29, 1.82) is 0 Å². The molecule has 0 aromatic carbocycles. The molecule has 0 saturated carbocycles. The number of hydrogen-bond donors (Lipinski definition) is 0. The van der Waals surface area contributed by atoms with Gasteiger partial charge in [0.05, 0.1) is 33.0 Å². The van der Waals surface area contributed by atoms with Gasteiger partial charge in [-0.1, -0.05) is 0 Å². The van der Waals surface area contributed by atoms with E-state index in [4.69, 9.17) is 29.7 Å². The minimum Gasteiger partial charge on any atom is -0.308 e. The summed E-state index contributed by atoms with van der Waals surface area (Å²) in [4.78, 5) is 12.6. The van der Waals surface area contributed by atoms with Gasteiger partial charge in [-0.25, -0.2) is 0 Å². The standard InChI is InChI=1S/C12H26ClNO7P2/c1-5-18-22(16,19-6-2)10-14(9-12(13)15)11-23(17,20-7-3)21-8-4/h5-11H2,1-4H3. The first-order chi connectivity index (χ1) is 10.7. The van der Waals surface area contributed by atoms with Crippen molar-refractivity contribution in [3.05, 3.63) is 0 Å². The predicted octanol–water partition coefficient (Wildman–Crippen LogP) is 3.50. The molecule has 0 amide bonds. The second-order valence-corrected chi connectivity index (χ2v) is 8.82. The van der Waals surface area contributed by atoms with E-state index in [9.17, 15) is 13.9 Å². The maximum absolute atomic E-state index is 12.6. The summed E-state index contributed by atoms with van der Waals surface area (Å²) in [5, 5.41) is -0.691. The molecule has 0 aliphatic rings. The first-order valence-corrected chi connectivity index (χ1v) is 11.2. The smallest absolute Gasteiger partial charge is 0.308 e. The van der Waals surface area contributed by atoms with Crippen LogP contribution < -0.4 is 0 Å². The van der Waals surface area contributed by atoms with Crippen LogP contribution in [0, 0.1) is 0 Å². The lowest BCUT2D eigenvalue weighted by Gasteiger charge is -2.28. The van der Waals surface area contributed by atoms with Crippen molar-refractivity contribution >= 4 is 32.0 Å². The van der Waals surface area contributed by atoms with Gasteiger partial charge in [-0.15, -0.1) is 0 Å². The summed E-state index contributed by atoms with van der Waals surface area (Å²) in [6.07, 6.45) is -0.478. The van der Waals surface area contributed by atoms with Crippen LogP contribution in [0.15, 0.2) is 0 Å². The van der Waals surface area contributed by atoms with Crippen LogP contribution >= 0.6 is 26.8 Å². The Bertz CT molecular complexity index is 397. The van der Waals surface area contributed by atoms with Crippen LogP contribution in [-0.4, -0.2) is 55.7 Å². The van der Waals surface area contributed by atoms with Crippen molar-refractivity contribution in [3.63, 3.8) is 0 Å². The number of nitrogens with zero attached hydrogens (tertiary/aromatic N) is 1. The molecule has 0 aromatic rings. The van der Waals surface area contributed by atoms with Crippen LogP contribution in [0.4, 0.5) is 0 Å². The van der Waals surface area contributed by atoms with E-state index in [0.717, 1.165) is 0 Å². The molecule has 0 aliphatic heterocycles. The summed E-state index contributed by atoms with van der Waals surface area (Å²) in [7, 11) is -6.95. The molecule has 0 aliphatic carbocycles. The summed E-state index contributed by atoms with van der Waals surface area (Å²) >= 11 is 5.42. The van der Waals surface area contributed by atoms with E-state index in [1.807, 2.05) is 0 Å². The maximum atomic E-state index is 12.6. The molecule has 0 aromatic heterocycles. The third-order valence-corrected chi connectivity index (χ3v) is 6.62. The monoisotopic (exact) mass is 393 g/mol. The Morgan fingerprint density at radius 2 is 1.13 bits per heavy atom. The number of hydrogen-bond acceptors (Lipinski definition) is 8. The van der Waals surface area contributed by atoms with Crippen LogP contribution in [0.25, 0.3) is 0 Å². The van der Waals surface area contributed by atoms with Gasteiger partial charge < -0.3 is 18.1 Å². The third-order valence-electron chi connectivity index (χ3n) is 2.40. The molecular formula is C12H26ClNO7P2. The van der Waals surface area contributed by atoms with Gasteiger partial charge in [-0.3, -0.25) is 18.8 Å². The van der Waals surface area contributed by atoms with Crippen molar-refractivity contribution in [1.82, 2.24) is 4.90 Å². The highest BCUT2D eigenvalue weighted by Crippen LogP contribution is 2.53. The molecule has 0 fully saturated rings. The number of halogens is 1. The first kappa shape index (κ1) is 23.2. The second-order valence-electron chi connectivity index (χ2n) is 4.36. The molecule has 0 unspecified atom stereocenters. The molecule has 23 heavy (non-hydrogen) atoms. The molecule has 0 spiro atoms. The Balaban J connectivity index is 5.22. The lowest BCUT2D eigenvalue weighted by atomic mass is 10.7. The zero-order valence-electron chi connectivity index (χ0n) is 14.0. The number of carbonyl (C=O) groups excluding carboxylic acids is 1. The van der Waals surface area contributed by atoms with E-state index < -0.39 is 20.4 Å². The van der Waals surface area contributed by atoms with E-state index in [2.05, 4.69) is 0 Å². The average Bonchev–Trinajstić information content (AvgIpc) is 2.37. The average molecular weight is 394 g/mol. The molecule has 0 bridgehead atoms. The molecule has 8 nitrogen and oxygen atoms in total. The fourth-order valence-electron chi connectivity index (χ4n) is 1.84. The fraction of sp³-hybridized carbons (Fsp3) is 0.917. The molecule has 0 atom stereocenters. The lowest BCUT2D eigenvalue weighted by molar-refractivity contribution is -0.112. The van der Waals surface area contributed by atoms with Crippen molar-refractivity contribution in [2.45, 2.75) is 27.7 Å². The number of carbonyl (C=O) groups is 1. The highest BCUT2D eigenvalue weighted by molar-refractivity contribution is 7.54. The largest absolute Gasteiger partial charge is 0.344 e. The van der Waals surface area contributed by atoms with Gasteiger partial charge >= 0.3 is 15.2 Å². The molecule has 0 heterocycles. The Morgan fingerprint density at radius 1 is 0.826 bits per heavy atom. The molecule has 0 radical (unpaired) electrons. The Hall–Kier alpha value is 0.220. The predicted molar refractivity (Wildman–Crippen MR) is 89.0 cm³/mol. The molecular weight excluding hydrogens is 368 g/mol. The summed E-state index contributed by atoms with van der Waals surface area (Å²) in [5.74, 6) is 0. The van der Waals surface area contributed by atoms with E-state index in [0.29, 0.717) is 0 Å². The van der Waals surface area contributed by atoms with E-state index in [1.54, 1.807) is 27.7 Å². The van der Waals surface area contributed by atoms with Crippen molar-refractivity contribution < 1.29 is 32.0 Å². The summed E-state index contributed by atoms with van der Waals surface area (Å²) < 4.78 is 45.9.